The largest absolute Gasteiger partial charge is 0.381 e. The van der Waals surface area contributed by atoms with Crippen LogP contribution in [0, 0.1) is 0 Å². The number of pyridine rings is 2. The van der Waals surface area contributed by atoms with Crippen LogP contribution in [0.25, 0.3) is 16.9 Å². The molecule has 8 heteroatoms. The minimum absolute atomic E-state index is 0.199. The number of piperidine rings is 1. The van der Waals surface area contributed by atoms with Crippen molar-refractivity contribution in [2.75, 3.05) is 25.1 Å². The lowest BCUT2D eigenvalue weighted by molar-refractivity contribution is 0.0819. The third kappa shape index (κ3) is 3.79. The molecule has 0 N–H and O–H groups in total. The number of carbonyl (C=O) groups is 1. The molecule has 3 aromatic heterocycles. The van der Waals surface area contributed by atoms with Gasteiger partial charge in [-0.25, -0.2) is 9.97 Å². The fourth-order valence-electron chi connectivity index (χ4n) is 3.86. The predicted octanol–water partition coefficient (Wildman–Crippen LogP) is 4.13. The van der Waals surface area contributed by atoms with Gasteiger partial charge in [0.25, 0.3) is 0 Å². The van der Waals surface area contributed by atoms with E-state index in [0.29, 0.717) is 17.2 Å². The summed E-state index contributed by atoms with van der Waals surface area (Å²) in [5.41, 5.74) is 3.02. The zero-order valence-corrected chi connectivity index (χ0v) is 18.4. The number of carbonyl (C=O) groups excluding carboxylic acids is 1. The van der Waals surface area contributed by atoms with Gasteiger partial charge in [-0.1, -0.05) is 19.9 Å². The molecular formula is C21H24BrN5O2. The lowest BCUT2D eigenvalue weighted by atomic mass is 10.0. The molecule has 152 valence electrons. The van der Waals surface area contributed by atoms with Gasteiger partial charge in [0.2, 0.25) is 0 Å². The standard InChI is InChI=1S/C21H24BrN5O2/c1-13(2)20-19-16(26-9-7-15(29-3)8-10-26)11-14(12-28)23-21(19)27(25-20)18-6-4-5-17(22)24-18/h4-6,11-13,15H,7-10H2,1-3H3. The summed E-state index contributed by atoms with van der Waals surface area (Å²) < 4.78 is 7.98. The smallest absolute Gasteiger partial charge is 0.168 e. The Balaban J connectivity index is 1.93. The predicted molar refractivity (Wildman–Crippen MR) is 116 cm³/mol. The highest BCUT2D eigenvalue weighted by Gasteiger charge is 2.26. The zero-order valence-electron chi connectivity index (χ0n) is 16.8. The molecule has 0 spiro atoms. The fourth-order valence-corrected chi connectivity index (χ4v) is 4.20. The topological polar surface area (TPSA) is 73.1 Å². The van der Waals surface area contributed by atoms with Crippen LogP contribution >= 0.6 is 15.9 Å². The Kier molecular flexibility index (Phi) is 5.65. The Bertz CT molecular complexity index is 1040. The molecule has 0 aromatic carbocycles. The van der Waals surface area contributed by atoms with Crippen molar-refractivity contribution in [3.63, 3.8) is 0 Å². The van der Waals surface area contributed by atoms with Gasteiger partial charge < -0.3 is 9.64 Å². The Morgan fingerprint density at radius 3 is 2.62 bits per heavy atom. The van der Waals surface area contributed by atoms with Crippen LogP contribution in [-0.2, 0) is 4.74 Å². The Labute approximate surface area is 178 Å². The molecule has 0 unspecified atom stereocenters. The van der Waals surface area contributed by atoms with Gasteiger partial charge in [-0.15, -0.1) is 0 Å². The highest BCUT2D eigenvalue weighted by molar-refractivity contribution is 9.10. The number of halogens is 1. The lowest BCUT2D eigenvalue weighted by Crippen LogP contribution is -2.36. The monoisotopic (exact) mass is 457 g/mol. The van der Waals surface area contributed by atoms with Gasteiger partial charge in [0.05, 0.1) is 22.9 Å². The maximum atomic E-state index is 11.7. The minimum atomic E-state index is 0.199. The van der Waals surface area contributed by atoms with Crippen LogP contribution < -0.4 is 4.90 Å². The number of aromatic nitrogens is 4. The Morgan fingerprint density at radius 1 is 1.24 bits per heavy atom. The molecule has 0 radical (unpaired) electrons. The highest BCUT2D eigenvalue weighted by Crippen LogP contribution is 2.35. The van der Waals surface area contributed by atoms with E-state index in [1.165, 1.54) is 0 Å². The van der Waals surface area contributed by atoms with Gasteiger partial charge in [0.15, 0.2) is 17.8 Å². The Hall–Kier alpha value is -2.32. The number of nitrogens with zero attached hydrogens (tertiary/aromatic N) is 5. The number of hydrogen-bond donors (Lipinski definition) is 0. The van der Waals surface area contributed by atoms with Crippen molar-refractivity contribution in [1.82, 2.24) is 19.7 Å². The number of anilines is 1. The summed E-state index contributed by atoms with van der Waals surface area (Å²) in [5, 5.41) is 5.85. The average molecular weight is 458 g/mol. The van der Waals surface area contributed by atoms with E-state index < -0.39 is 0 Å². The van der Waals surface area contributed by atoms with Gasteiger partial charge in [0.1, 0.15) is 10.3 Å². The molecular weight excluding hydrogens is 434 g/mol. The molecule has 0 amide bonds. The second-order valence-corrected chi connectivity index (χ2v) is 8.39. The number of aldehydes is 1. The molecule has 1 saturated heterocycles. The number of hydrogen-bond acceptors (Lipinski definition) is 6. The van der Waals surface area contributed by atoms with Gasteiger partial charge >= 0.3 is 0 Å². The molecule has 7 nitrogen and oxygen atoms in total. The summed E-state index contributed by atoms with van der Waals surface area (Å²) in [4.78, 5) is 23.1. The summed E-state index contributed by atoms with van der Waals surface area (Å²) in [5.74, 6) is 0.862. The van der Waals surface area contributed by atoms with Crippen LogP contribution in [0.15, 0.2) is 28.9 Å². The van der Waals surface area contributed by atoms with E-state index in [1.807, 2.05) is 24.3 Å². The van der Waals surface area contributed by atoms with Crippen molar-refractivity contribution < 1.29 is 9.53 Å². The van der Waals surface area contributed by atoms with E-state index >= 15 is 0 Å². The lowest BCUT2D eigenvalue weighted by Gasteiger charge is -2.33. The van der Waals surface area contributed by atoms with E-state index in [4.69, 9.17) is 9.84 Å². The molecule has 3 aromatic rings. The summed E-state index contributed by atoms with van der Waals surface area (Å²) in [6.45, 7) is 5.98. The Morgan fingerprint density at radius 2 is 2.00 bits per heavy atom. The minimum Gasteiger partial charge on any atom is -0.381 e. The van der Waals surface area contributed by atoms with Crippen LogP contribution in [0.5, 0.6) is 0 Å². The van der Waals surface area contributed by atoms with Crippen molar-refractivity contribution in [1.29, 1.82) is 0 Å². The molecule has 1 aliphatic rings. The van der Waals surface area contributed by atoms with E-state index in [2.05, 4.69) is 44.6 Å². The van der Waals surface area contributed by atoms with Gasteiger partial charge in [-0.05, 0) is 52.9 Å². The molecule has 1 fully saturated rings. The molecule has 0 aliphatic carbocycles. The molecule has 0 saturated carbocycles. The summed E-state index contributed by atoms with van der Waals surface area (Å²) in [7, 11) is 1.77. The second-order valence-electron chi connectivity index (χ2n) is 7.58. The average Bonchev–Trinajstić information content (AvgIpc) is 3.13. The first-order chi connectivity index (χ1) is 14.0. The van der Waals surface area contributed by atoms with Crippen molar-refractivity contribution >= 4 is 38.9 Å². The van der Waals surface area contributed by atoms with Gasteiger partial charge in [0, 0.05) is 20.2 Å². The van der Waals surface area contributed by atoms with Crippen molar-refractivity contribution in [3.05, 3.63) is 40.3 Å². The van der Waals surface area contributed by atoms with Crippen LogP contribution in [0.3, 0.4) is 0 Å². The van der Waals surface area contributed by atoms with Crippen LogP contribution in [0.2, 0.25) is 0 Å². The normalized spacial score (nSPS) is 15.4. The number of methoxy groups -OCH3 is 1. The van der Waals surface area contributed by atoms with Crippen molar-refractivity contribution in [2.24, 2.45) is 0 Å². The molecule has 4 rings (SSSR count). The van der Waals surface area contributed by atoms with Crippen LogP contribution in [-0.4, -0.2) is 52.3 Å². The quantitative estimate of drug-likeness (QED) is 0.423. The SMILES string of the molecule is COC1CCN(c2cc(C=O)nc3c2c(C(C)C)nn3-c2cccc(Br)n2)CC1. The van der Waals surface area contributed by atoms with Crippen LogP contribution in [0.1, 0.15) is 48.8 Å². The summed E-state index contributed by atoms with van der Waals surface area (Å²) in [6.07, 6.45) is 2.99. The second kappa shape index (κ2) is 8.20. The maximum absolute atomic E-state index is 11.7. The van der Waals surface area contributed by atoms with Crippen molar-refractivity contribution in [2.45, 2.75) is 38.7 Å². The molecule has 0 atom stereocenters. The molecule has 0 bridgehead atoms. The van der Waals surface area contributed by atoms with E-state index in [9.17, 15) is 4.79 Å². The van der Waals surface area contributed by atoms with E-state index in [-0.39, 0.29) is 12.0 Å². The van der Waals surface area contributed by atoms with E-state index in [1.54, 1.807) is 11.8 Å². The fraction of sp³-hybridized carbons (Fsp3) is 0.429. The molecule has 1 aliphatic heterocycles. The third-order valence-corrected chi connectivity index (χ3v) is 5.81. The first-order valence-electron chi connectivity index (χ1n) is 9.81. The van der Waals surface area contributed by atoms with Crippen molar-refractivity contribution in [3.8, 4) is 5.82 Å². The molecule has 29 heavy (non-hydrogen) atoms. The summed E-state index contributed by atoms with van der Waals surface area (Å²) >= 11 is 3.43. The van der Waals surface area contributed by atoms with E-state index in [0.717, 1.165) is 53.6 Å². The van der Waals surface area contributed by atoms with Gasteiger partial charge in [-0.2, -0.15) is 9.78 Å². The number of ether oxygens (including phenoxy) is 1. The first-order valence-corrected chi connectivity index (χ1v) is 10.6. The van der Waals surface area contributed by atoms with Gasteiger partial charge in [-0.3, -0.25) is 4.79 Å². The first kappa shape index (κ1) is 20.0. The third-order valence-electron chi connectivity index (χ3n) is 5.36. The highest BCUT2D eigenvalue weighted by atomic mass is 79.9. The molecule has 4 heterocycles. The summed E-state index contributed by atoms with van der Waals surface area (Å²) in [6, 6.07) is 7.55. The number of fused-ring (bicyclic) bond motifs is 1. The zero-order chi connectivity index (χ0) is 20.5. The van der Waals surface area contributed by atoms with Crippen LogP contribution in [0.4, 0.5) is 5.69 Å². The number of rotatable bonds is 5. The maximum Gasteiger partial charge on any atom is 0.168 e.